The third-order valence-corrected chi connectivity index (χ3v) is 4.70. The minimum absolute atomic E-state index is 0.0301. The van der Waals surface area contributed by atoms with E-state index in [9.17, 15) is 4.79 Å². The molecule has 0 fully saturated rings. The molecule has 0 saturated heterocycles. The van der Waals surface area contributed by atoms with E-state index in [2.05, 4.69) is 52.2 Å². The maximum absolute atomic E-state index is 12.6. The van der Waals surface area contributed by atoms with Crippen LogP contribution >= 0.6 is 15.9 Å². The Morgan fingerprint density at radius 2 is 2.13 bits per heavy atom. The zero-order chi connectivity index (χ0) is 17.2. The fourth-order valence-corrected chi connectivity index (χ4v) is 2.49. The molecule has 0 bridgehead atoms. The van der Waals surface area contributed by atoms with E-state index in [1.54, 1.807) is 10.9 Å². The summed E-state index contributed by atoms with van der Waals surface area (Å²) >= 11 is 3.43. The van der Waals surface area contributed by atoms with Crippen molar-refractivity contribution in [2.24, 2.45) is 5.41 Å². The Balaban J connectivity index is 2.10. The van der Waals surface area contributed by atoms with E-state index < -0.39 is 0 Å². The van der Waals surface area contributed by atoms with Crippen molar-refractivity contribution in [1.82, 2.24) is 24.9 Å². The van der Waals surface area contributed by atoms with Gasteiger partial charge in [0.1, 0.15) is 6.04 Å². The molecule has 2 atom stereocenters. The lowest BCUT2D eigenvalue weighted by molar-refractivity contribution is -0.125. The van der Waals surface area contributed by atoms with Crippen LogP contribution in [0.3, 0.4) is 0 Å². The quantitative estimate of drug-likeness (QED) is 0.865. The molecule has 6 nitrogen and oxygen atoms in total. The first-order valence-electron chi connectivity index (χ1n) is 7.67. The van der Waals surface area contributed by atoms with Gasteiger partial charge in [0.15, 0.2) is 0 Å². The first kappa shape index (κ1) is 17.7. The lowest BCUT2D eigenvalue weighted by atomic mass is 9.86. The van der Waals surface area contributed by atoms with Crippen LogP contribution in [0.4, 0.5) is 0 Å². The van der Waals surface area contributed by atoms with Crippen LogP contribution in [0.15, 0.2) is 29.1 Å². The van der Waals surface area contributed by atoms with E-state index in [1.165, 1.54) is 0 Å². The number of carbonyl (C=O) groups excluding carboxylic acids is 1. The number of nitrogens with zero attached hydrogens (tertiary/aromatic N) is 4. The summed E-state index contributed by atoms with van der Waals surface area (Å²) in [4.78, 5) is 12.6. The van der Waals surface area contributed by atoms with Crippen molar-refractivity contribution in [2.45, 2.75) is 53.2 Å². The van der Waals surface area contributed by atoms with Crippen molar-refractivity contribution in [1.29, 1.82) is 0 Å². The molecule has 0 spiro atoms. The standard InChI is InChI=1S/C16H24BrN5O/c1-11-13(17)9-22(20-11)12(2)15(23)19-14(16(3,4)5)10-21-8-6-7-18-21/h6-9,12,14H,10H2,1-5H3,(H,19,23)/t12-,14-/m1/s1. The zero-order valence-corrected chi connectivity index (χ0v) is 15.8. The Morgan fingerprint density at radius 1 is 1.43 bits per heavy atom. The van der Waals surface area contributed by atoms with Crippen molar-refractivity contribution in [3.8, 4) is 0 Å². The molecule has 23 heavy (non-hydrogen) atoms. The number of carbonyl (C=O) groups is 1. The third kappa shape index (κ3) is 4.43. The van der Waals surface area contributed by atoms with Gasteiger partial charge in [-0.15, -0.1) is 0 Å². The van der Waals surface area contributed by atoms with E-state index in [4.69, 9.17) is 0 Å². The molecule has 1 N–H and O–H groups in total. The lowest BCUT2D eigenvalue weighted by Gasteiger charge is -2.32. The van der Waals surface area contributed by atoms with Crippen LogP contribution < -0.4 is 5.32 Å². The zero-order valence-electron chi connectivity index (χ0n) is 14.2. The summed E-state index contributed by atoms with van der Waals surface area (Å²) in [5, 5.41) is 11.8. The molecule has 1 amide bonds. The first-order chi connectivity index (χ1) is 10.7. The largest absolute Gasteiger partial charge is 0.349 e. The number of aromatic nitrogens is 4. The van der Waals surface area contributed by atoms with E-state index in [0.29, 0.717) is 6.54 Å². The lowest BCUT2D eigenvalue weighted by Crippen LogP contribution is -2.48. The van der Waals surface area contributed by atoms with Crippen molar-refractivity contribution in [3.63, 3.8) is 0 Å². The summed E-state index contributed by atoms with van der Waals surface area (Å²) in [5.41, 5.74) is 0.788. The molecule has 2 rings (SSSR count). The minimum atomic E-state index is -0.373. The van der Waals surface area contributed by atoms with Crippen LogP contribution in [0.1, 0.15) is 39.4 Å². The molecular weight excluding hydrogens is 358 g/mol. The van der Waals surface area contributed by atoms with Gasteiger partial charge in [0.25, 0.3) is 0 Å². The maximum Gasteiger partial charge on any atom is 0.244 e. The van der Waals surface area contributed by atoms with Gasteiger partial charge in [0.05, 0.1) is 22.8 Å². The molecule has 126 valence electrons. The van der Waals surface area contributed by atoms with Gasteiger partial charge in [-0.1, -0.05) is 20.8 Å². The summed E-state index contributed by atoms with van der Waals surface area (Å²) in [6.07, 6.45) is 5.48. The van der Waals surface area contributed by atoms with Gasteiger partial charge >= 0.3 is 0 Å². The summed E-state index contributed by atoms with van der Waals surface area (Å²) in [6.45, 7) is 10.7. The summed E-state index contributed by atoms with van der Waals surface area (Å²) in [6, 6.07) is 1.48. The highest BCUT2D eigenvalue weighted by atomic mass is 79.9. The number of aryl methyl sites for hydroxylation is 1. The highest BCUT2D eigenvalue weighted by Crippen LogP contribution is 2.22. The number of rotatable bonds is 5. The van der Waals surface area contributed by atoms with E-state index in [1.807, 2.05) is 37.0 Å². The molecule has 2 heterocycles. The van der Waals surface area contributed by atoms with Crippen LogP contribution in [0.2, 0.25) is 0 Å². The fraction of sp³-hybridized carbons (Fsp3) is 0.562. The molecular formula is C16H24BrN5O. The predicted octanol–water partition coefficient (Wildman–Crippen LogP) is 2.94. The summed E-state index contributed by atoms with van der Waals surface area (Å²) in [7, 11) is 0. The second-order valence-electron chi connectivity index (χ2n) is 6.87. The predicted molar refractivity (Wildman–Crippen MR) is 93.0 cm³/mol. The number of hydrogen-bond acceptors (Lipinski definition) is 3. The molecule has 0 aliphatic heterocycles. The maximum atomic E-state index is 12.6. The second kappa shape index (κ2) is 6.86. The third-order valence-electron chi connectivity index (χ3n) is 3.92. The van der Waals surface area contributed by atoms with Crippen LogP contribution in [-0.2, 0) is 11.3 Å². The molecule has 0 saturated carbocycles. The average Bonchev–Trinajstić information content (AvgIpc) is 3.07. The smallest absolute Gasteiger partial charge is 0.244 e. The normalized spacial score (nSPS) is 14.5. The van der Waals surface area contributed by atoms with Gasteiger partial charge < -0.3 is 5.32 Å². The molecule has 0 aliphatic rings. The van der Waals surface area contributed by atoms with E-state index in [-0.39, 0.29) is 23.4 Å². The number of amides is 1. The minimum Gasteiger partial charge on any atom is -0.349 e. The molecule has 7 heteroatoms. The number of nitrogens with one attached hydrogen (secondary N) is 1. The Morgan fingerprint density at radius 3 is 2.61 bits per heavy atom. The summed E-state index contributed by atoms with van der Waals surface area (Å²) < 4.78 is 4.43. The molecule has 0 radical (unpaired) electrons. The molecule has 2 aromatic rings. The van der Waals surface area contributed by atoms with Gasteiger partial charge in [-0.25, -0.2) is 0 Å². The molecule has 2 aromatic heterocycles. The highest BCUT2D eigenvalue weighted by molar-refractivity contribution is 9.10. The number of halogens is 1. The van der Waals surface area contributed by atoms with Gasteiger partial charge in [0.2, 0.25) is 5.91 Å². The second-order valence-corrected chi connectivity index (χ2v) is 7.73. The SMILES string of the molecule is Cc1nn([C@H](C)C(=O)N[C@H](Cn2cccn2)C(C)(C)C)cc1Br. The Labute approximate surface area is 145 Å². The van der Waals surface area contributed by atoms with Crippen LogP contribution in [0.5, 0.6) is 0 Å². The van der Waals surface area contributed by atoms with Gasteiger partial charge in [-0.05, 0) is 41.3 Å². The monoisotopic (exact) mass is 381 g/mol. The fourth-order valence-electron chi connectivity index (χ4n) is 2.20. The van der Waals surface area contributed by atoms with Crippen molar-refractivity contribution < 1.29 is 4.79 Å². The Bertz CT molecular complexity index is 637. The highest BCUT2D eigenvalue weighted by Gasteiger charge is 2.29. The molecule has 0 unspecified atom stereocenters. The van der Waals surface area contributed by atoms with E-state index >= 15 is 0 Å². The van der Waals surface area contributed by atoms with E-state index in [0.717, 1.165) is 10.2 Å². The van der Waals surface area contributed by atoms with Gasteiger partial charge in [-0.3, -0.25) is 14.2 Å². The van der Waals surface area contributed by atoms with Crippen LogP contribution in [0, 0.1) is 12.3 Å². The van der Waals surface area contributed by atoms with Crippen molar-refractivity contribution in [3.05, 3.63) is 34.8 Å². The van der Waals surface area contributed by atoms with Crippen LogP contribution in [0.25, 0.3) is 0 Å². The molecule has 0 aliphatic carbocycles. The van der Waals surface area contributed by atoms with Gasteiger partial charge in [0, 0.05) is 18.6 Å². The first-order valence-corrected chi connectivity index (χ1v) is 8.47. The Kier molecular flexibility index (Phi) is 5.29. The van der Waals surface area contributed by atoms with Crippen molar-refractivity contribution in [2.75, 3.05) is 0 Å². The molecule has 0 aromatic carbocycles. The van der Waals surface area contributed by atoms with Gasteiger partial charge in [-0.2, -0.15) is 10.2 Å². The summed E-state index contributed by atoms with van der Waals surface area (Å²) in [5.74, 6) is -0.0490. The van der Waals surface area contributed by atoms with Crippen LogP contribution in [-0.4, -0.2) is 31.5 Å². The topological polar surface area (TPSA) is 64.7 Å². The van der Waals surface area contributed by atoms with Crippen molar-refractivity contribution >= 4 is 21.8 Å². The average molecular weight is 382 g/mol. The Hall–Kier alpha value is -1.63. The number of hydrogen-bond donors (Lipinski definition) is 1.